The Morgan fingerprint density at radius 1 is 0.935 bits per heavy atom. The van der Waals surface area contributed by atoms with Crippen molar-refractivity contribution in [2.75, 3.05) is 11.9 Å². The molecular weight excluding hydrogens is 418 g/mol. The molecule has 0 unspecified atom stereocenters. The highest BCUT2D eigenvalue weighted by molar-refractivity contribution is 6.30. The van der Waals surface area contributed by atoms with Crippen molar-refractivity contribution in [1.29, 1.82) is 0 Å². The fourth-order valence-corrected chi connectivity index (χ4v) is 2.82. The molecule has 166 valence electrons. The number of benzene rings is 2. The van der Waals surface area contributed by atoms with Crippen LogP contribution in [-0.2, 0) is 27.3 Å². The van der Waals surface area contributed by atoms with Gasteiger partial charge in [-0.05, 0) is 62.6 Å². The summed E-state index contributed by atoms with van der Waals surface area (Å²) < 4.78 is 5.07. The van der Waals surface area contributed by atoms with E-state index in [-0.39, 0.29) is 18.4 Å². The van der Waals surface area contributed by atoms with Gasteiger partial charge in [0.2, 0.25) is 11.8 Å². The Hall–Kier alpha value is -3.06. The largest absolute Gasteiger partial charge is 0.444 e. The molecule has 0 aromatic heterocycles. The van der Waals surface area contributed by atoms with Crippen LogP contribution in [0.2, 0.25) is 5.02 Å². The quantitative estimate of drug-likeness (QED) is 0.571. The van der Waals surface area contributed by atoms with Crippen LogP contribution in [0.25, 0.3) is 0 Å². The molecule has 0 bridgehead atoms. The molecule has 8 heteroatoms. The summed E-state index contributed by atoms with van der Waals surface area (Å²) in [5.74, 6) is -0.418. The van der Waals surface area contributed by atoms with Gasteiger partial charge in [0.15, 0.2) is 0 Å². The monoisotopic (exact) mass is 445 g/mol. The van der Waals surface area contributed by atoms with Crippen LogP contribution in [0.1, 0.15) is 38.3 Å². The number of aryl methyl sites for hydroxylation is 1. The molecule has 7 nitrogen and oxygen atoms in total. The lowest BCUT2D eigenvalue weighted by Gasteiger charge is -2.19. The smallest absolute Gasteiger partial charge is 0.408 e. The number of ether oxygens (including phenoxy) is 1. The number of carbonyl (C=O) groups excluding carboxylic acids is 3. The summed E-state index contributed by atoms with van der Waals surface area (Å²) >= 11 is 5.95. The number of halogens is 1. The molecule has 3 N–H and O–H groups in total. The predicted molar refractivity (Wildman–Crippen MR) is 121 cm³/mol. The summed E-state index contributed by atoms with van der Waals surface area (Å²) in [7, 11) is 0. The molecule has 0 fully saturated rings. The van der Waals surface area contributed by atoms with Crippen LogP contribution in [0.5, 0.6) is 0 Å². The van der Waals surface area contributed by atoms with E-state index in [1.54, 1.807) is 39.0 Å². The number of anilines is 1. The number of carbonyl (C=O) groups is 3. The molecule has 0 heterocycles. The molecular formula is C23H28ClN3O4. The van der Waals surface area contributed by atoms with E-state index < -0.39 is 11.7 Å². The average Bonchev–Trinajstić information content (AvgIpc) is 2.69. The van der Waals surface area contributed by atoms with Crippen molar-refractivity contribution in [3.63, 3.8) is 0 Å². The summed E-state index contributed by atoms with van der Waals surface area (Å²) in [6.07, 6.45) is 0.314. The average molecular weight is 446 g/mol. The Bertz CT molecular complexity index is 908. The van der Waals surface area contributed by atoms with E-state index in [4.69, 9.17) is 16.3 Å². The SMILES string of the molecule is CC(C)(C)OC(=O)NCC(=O)NCc1ccc(NC(=O)CCc2cccc(Cl)c2)cc1. The summed E-state index contributed by atoms with van der Waals surface area (Å²) in [5.41, 5.74) is 1.93. The first-order valence-corrected chi connectivity index (χ1v) is 10.4. The predicted octanol–water partition coefficient (Wildman–Crippen LogP) is 4.05. The lowest BCUT2D eigenvalue weighted by Crippen LogP contribution is -2.39. The van der Waals surface area contributed by atoms with Gasteiger partial charge in [0.05, 0.1) is 0 Å². The van der Waals surface area contributed by atoms with Crippen molar-refractivity contribution < 1.29 is 19.1 Å². The molecule has 2 rings (SSSR count). The van der Waals surface area contributed by atoms with Gasteiger partial charge in [-0.25, -0.2) is 4.79 Å². The lowest BCUT2D eigenvalue weighted by atomic mass is 10.1. The summed E-state index contributed by atoms with van der Waals surface area (Å²) in [4.78, 5) is 35.6. The molecule has 2 aromatic carbocycles. The van der Waals surface area contributed by atoms with E-state index in [2.05, 4.69) is 16.0 Å². The topological polar surface area (TPSA) is 96.5 Å². The summed E-state index contributed by atoms with van der Waals surface area (Å²) in [5, 5.41) is 8.62. The van der Waals surface area contributed by atoms with E-state index in [1.807, 2.05) is 30.3 Å². The van der Waals surface area contributed by atoms with Gasteiger partial charge in [-0.2, -0.15) is 0 Å². The molecule has 0 saturated carbocycles. The van der Waals surface area contributed by atoms with Gasteiger partial charge in [0.1, 0.15) is 12.1 Å². The molecule has 0 saturated heterocycles. The standard InChI is InChI=1S/C23H28ClN3O4/c1-23(2,3)31-22(30)26-15-21(29)25-14-17-7-10-19(11-8-17)27-20(28)12-9-16-5-4-6-18(24)13-16/h4-8,10-11,13H,9,12,14-15H2,1-3H3,(H,25,29)(H,26,30)(H,27,28). The molecule has 0 radical (unpaired) electrons. The fourth-order valence-electron chi connectivity index (χ4n) is 2.61. The zero-order chi connectivity index (χ0) is 22.9. The van der Waals surface area contributed by atoms with Crippen molar-refractivity contribution in [2.45, 2.75) is 45.8 Å². The first-order valence-electron chi connectivity index (χ1n) is 9.97. The molecule has 0 atom stereocenters. The Morgan fingerprint density at radius 3 is 2.29 bits per heavy atom. The Labute approximate surface area is 187 Å². The van der Waals surface area contributed by atoms with Crippen LogP contribution in [0.15, 0.2) is 48.5 Å². The van der Waals surface area contributed by atoms with Crippen LogP contribution in [-0.4, -0.2) is 30.1 Å². The second kappa shape index (κ2) is 11.4. The zero-order valence-corrected chi connectivity index (χ0v) is 18.7. The van der Waals surface area contributed by atoms with E-state index >= 15 is 0 Å². The molecule has 0 aliphatic rings. The third kappa shape index (κ3) is 10.00. The van der Waals surface area contributed by atoms with Gasteiger partial charge >= 0.3 is 6.09 Å². The minimum atomic E-state index is -0.641. The highest BCUT2D eigenvalue weighted by Gasteiger charge is 2.16. The first-order chi connectivity index (χ1) is 14.6. The van der Waals surface area contributed by atoms with Crippen LogP contribution in [0, 0.1) is 0 Å². The van der Waals surface area contributed by atoms with Crippen molar-refractivity contribution in [3.8, 4) is 0 Å². The van der Waals surface area contributed by atoms with Crippen molar-refractivity contribution in [3.05, 3.63) is 64.7 Å². The van der Waals surface area contributed by atoms with Gasteiger partial charge in [0.25, 0.3) is 0 Å². The number of hydrogen-bond acceptors (Lipinski definition) is 4. The van der Waals surface area contributed by atoms with Gasteiger partial charge in [-0.3, -0.25) is 9.59 Å². The maximum Gasteiger partial charge on any atom is 0.408 e. The summed E-state index contributed by atoms with van der Waals surface area (Å²) in [6, 6.07) is 14.6. The molecule has 0 spiro atoms. The van der Waals surface area contributed by atoms with Gasteiger partial charge in [0, 0.05) is 23.7 Å². The second-order valence-corrected chi connectivity index (χ2v) is 8.44. The maximum atomic E-state index is 12.1. The van der Waals surface area contributed by atoms with E-state index in [1.165, 1.54) is 0 Å². The van der Waals surface area contributed by atoms with Gasteiger partial charge in [-0.15, -0.1) is 0 Å². The second-order valence-electron chi connectivity index (χ2n) is 8.01. The van der Waals surface area contributed by atoms with E-state index in [0.717, 1.165) is 11.1 Å². The number of hydrogen-bond donors (Lipinski definition) is 3. The third-order valence-corrected chi connectivity index (χ3v) is 4.28. The number of nitrogens with one attached hydrogen (secondary N) is 3. The van der Waals surface area contributed by atoms with Crippen LogP contribution in [0.4, 0.5) is 10.5 Å². The Kier molecular flexibility index (Phi) is 8.88. The van der Waals surface area contributed by atoms with Crippen LogP contribution in [0.3, 0.4) is 0 Å². The zero-order valence-electron chi connectivity index (χ0n) is 18.0. The van der Waals surface area contributed by atoms with Gasteiger partial charge < -0.3 is 20.7 Å². The third-order valence-electron chi connectivity index (χ3n) is 4.05. The first kappa shape index (κ1) is 24.2. The highest BCUT2D eigenvalue weighted by atomic mass is 35.5. The Balaban J connectivity index is 1.70. The number of alkyl carbamates (subject to hydrolysis) is 1. The van der Waals surface area contributed by atoms with Crippen LogP contribution >= 0.6 is 11.6 Å². The lowest BCUT2D eigenvalue weighted by molar-refractivity contribution is -0.120. The van der Waals surface area contributed by atoms with Crippen molar-refractivity contribution in [1.82, 2.24) is 10.6 Å². The van der Waals surface area contributed by atoms with Crippen LogP contribution < -0.4 is 16.0 Å². The van der Waals surface area contributed by atoms with E-state index in [0.29, 0.717) is 30.1 Å². The van der Waals surface area contributed by atoms with Crippen molar-refractivity contribution in [2.24, 2.45) is 0 Å². The number of rotatable bonds is 8. The number of amides is 3. The van der Waals surface area contributed by atoms with Crippen molar-refractivity contribution >= 4 is 35.2 Å². The minimum absolute atomic E-state index is 0.0887. The molecule has 31 heavy (non-hydrogen) atoms. The maximum absolute atomic E-state index is 12.1. The fraction of sp³-hybridized carbons (Fsp3) is 0.348. The summed E-state index contributed by atoms with van der Waals surface area (Å²) in [6.45, 7) is 5.38. The minimum Gasteiger partial charge on any atom is -0.444 e. The Morgan fingerprint density at radius 2 is 1.65 bits per heavy atom. The highest BCUT2D eigenvalue weighted by Crippen LogP contribution is 2.14. The van der Waals surface area contributed by atoms with Gasteiger partial charge in [-0.1, -0.05) is 35.9 Å². The normalized spacial score (nSPS) is 10.8. The molecule has 3 amide bonds. The molecule has 0 aliphatic carbocycles. The molecule has 2 aromatic rings. The van der Waals surface area contributed by atoms with E-state index in [9.17, 15) is 14.4 Å². The molecule has 0 aliphatic heterocycles.